The minimum absolute atomic E-state index is 0.337. The lowest BCUT2D eigenvalue weighted by atomic mass is 9.87. The Balaban J connectivity index is 2.65. The van der Waals surface area contributed by atoms with E-state index in [2.05, 4.69) is 4.99 Å². The van der Waals surface area contributed by atoms with Gasteiger partial charge in [0.25, 0.3) is 0 Å². The average molecular weight is 352 g/mol. The number of nitrogens with zero attached hydrogens (tertiary/aromatic N) is 2. The van der Waals surface area contributed by atoms with Crippen molar-refractivity contribution in [3.05, 3.63) is 17.7 Å². The number of benzene rings is 1. The number of methoxy groups -OCH3 is 3. The van der Waals surface area contributed by atoms with Crippen molar-refractivity contribution < 1.29 is 24.1 Å². The molecule has 0 saturated heterocycles. The summed E-state index contributed by atoms with van der Waals surface area (Å²) in [4.78, 5) is 17.6. The second kappa shape index (κ2) is 7.04. The van der Waals surface area contributed by atoms with Gasteiger partial charge in [-0.1, -0.05) is 0 Å². The van der Waals surface area contributed by atoms with Crippen LogP contribution in [0.2, 0.25) is 0 Å². The Kier molecular flexibility index (Phi) is 5.28. The van der Waals surface area contributed by atoms with Gasteiger partial charge in [0, 0.05) is 12.8 Å². The normalized spacial score (nSPS) is 20.5. The summed E-state index contributed by atoms with van der Waals surface area (Å²) in [7, 11) is 6.26. The zero-order valence-electron chi connectivity index (χ0n) is 14.2. The van der Waals surface area contributed by atoms with Gasteiger partial charge in [0.15, 0.2) is 16.6 Å². The summed E-state index contributed by atoms with van der Waals surface area (Å²) in [6, 6.07) is 2.94. The Labute approximate surface area is 145 Å². The smallest absolute Gasteiger partial charge is 0.314 e. The predicted octanol–water partition coefficient (Wildman–Crippen LogP) is 2.15. The Hall–Kier alpha value is -2.35. The molecule has 1 heterocycles. The highest BCUT2D eigenvalue weighted by molar-refractivity contribution is 7.80. The van der Waals surface area contributed by atoms with E-state index in [4.69, 9.17) is 26.4 Å². The Morgan fingerprint density at radius 3 is 2.17 bits per heavy atom. The topological polar surface area (TPSA) is 80.6 Å². The largest absolute Gasteiger partial charge is 0.493 e. The summed E-state index contributed by atoms with van der Waals surface area (Å²) >= 11 is 5.25. The Morgan fingerprint density at radius 1 is 1.21 bits per heavy atom. The summed E-state index contributed by atoms with van der Waals surface area (Å²) < 4.78 is 16.0. The standard InChI is InChI=1S/C16H20N2O5S/c1-8-12(15(19)20)13(18(2)16(24)17-8)9-6-10(21-3)14(23-5)11(7-9)22-4/h6-7,12-13H,1-5H3,(H,19,20). The molecule has 0 spiro atoms. The Bertz CT molecular complexity index is 679. The monoisotopic (exact) mass is 352 g/mol. The SMILES string of the molecule is COc1cc(C2C(C(=O)O)C(C)=NC(=S)N2C)cc(OC)c1OC. The van der Waals surface area contributed by atoms with Crippen LogP contribution in [-0.4, -0.2) is 55.2 Å². The number of thiocarbonyl (C=S) groups is 1. The molecule has 24 heavy (non-hydrogen) atoms. The third-order valence-electron chi connectivity index (χ3n) is 4.05. The number of aliphatic carboxylic acids is 1. The quantitative estimate of drug-likeness (QED) is 0.813. The fraction of sp³-hybridized carbons (Fsp3) is 0.438. The second-order valence-corrected chi connectivity index (χ2v) is 5.73. The van der Waals surface area contributed by atoms with Crippen molar-refractivity contribution >= 4 is 29.0 Å². The molecule has 1 aliphatic rings. The number of carboxylic acids is 1. The molecule has 0 radical (unpaired) electrons. The summed E-state index contributed by atoms with van der Waals surface area (Å²) in [5.74, 6) is -0.443. The molecule has 2 unspecified atom stereocenters. The molecule has 2 atom stereocenters. The van der Waals surface area contributed by atoms with Crippen molar-refractivity contribution in [3.63, 3.8) is 0 Å². The maximum absolute atomic E-state index is 11.8. The van der Waals surface area contributed by atoms with Gasteiger partial charge in [-0.3, -0.25) is 4.79 Å². The van der Waals surface area contributed by atoms with Crippen LogP contribution in [0.25, 0.3) is 0 Å². The maximum atomic E-state index is 11.8. The minimum Gasteiger partial charge on any atom is -0.493 e. The molecule has 0 amide bonds. The van der Waals surface area contributed by atoms with Gasteiger partial charge >= 0.3 is 5.97 Å². The van der Waals surface area contributed by atoms with Gasteiger partial charge in [-0.05, 0) is 36.8 Å². The van der Waals surface area contributed by atoms with Crippen LogP contribution in [0.5, 0.6) is 17.2 Å². The fourth-order valence-corrected chi connectivity index (χ4v) is 3.13. The second-order valence-electron chi connectivity index (χ2n) is 5.37. The zero-order chi connectivity index (χ0) is 18.0. The number of carbonyl (C=O) groups is 1. The maximum Gasteiger partial charge on any atom is 0.314 e. The molecule has 0 fully saturated rings. The van der Waals surface area contributed by atoms with Crippen LogP contribution >= 0.6 is 12.2 Å². The van der Waals surface area contributed by atoms with Gasteiger partial charge < -0.3 is 24.2 Å². The third kappa shape index (κ3) is 3.01. The first kappa shape index (κ1) is 18.0. The molecule has 0 aliphatic carbocycles. The molecule has 1 aromatic rings. The van der Waals surface area contributed by atoms with Crippen LogP contribution < -0.4 is 14.2 Å². The van der Waals surface area contributed by atoms with Gasteiger partial charge in [-0.25, -0.2) is 4.99 Å². The molecule has 0 saturated carbocycles. The van der Waals surface area contributed by atoms with E-state index in [9.17, 15) is 9.90 Å². The fourth-order valence-electron chi connectivity index (χ4n) is 2.87. The van der Waals surface area contributed by atoms with Crippen LogP contribution in [0, 0.1) is 5.92 Å². The van der Waals surface area contributed by atoms with Crippen molar-refractivity contribution in [2.75, 3.05) is 28.4 Å². The zero-order valence-corrected chi connectivity index (χ0v) is 15.0. The van der Waals surface area contributed by atoms with Crippen molar-refractivity contribution in [1.82, 2.24) is 4.90 Å². The van der Waals surface area contributed by atoms with Crippen LogP contribution in [-0.2, 0) is 4.79 Å². The first-order valence-electron chi connectivity index (χ1n) is 7.20. The molecule has 130 valence electrons. The van der Waals surface area contributed by atoms with E-state index in [0.717, 1.165) is 0 Å². The first-order chi connectivity index (χ1) is 11.3. The van der Waals surface area contributed by atoms with Crippen molar-refractivity contribution in [2.45, 2.75) is 13.0 Å². The highest BCUT2D eigenvalue weighted by Crippen LogP contribution is 2.43. The molecular weight excluding hydrogens is 332 g/mol. The van der Waals surface area contributed by atoms with Gasteiger partial charge in [-0.15, -0.1) is 0 Å². The summed E-state index contributed by atoms with van der Waals surface area (Å²) in [5.41, 5.74) is 1.15. The lowest BCUT2D eigenvalue weighted by Gasteiger charge is -2.37. The number of carboxylic acid groups (broad SMARTS) is 1. The first-order valence-corrected chi connectivity index (χ1v) is 7.61. The lowest BCUT2D eigenvalue weighted by molar-refractivity contribution is -0.141. The van der Waals surface area contributed by atoms with Crippen LogP contribution in [0.3, 0.4) is 0 Å². The summed E-state index contributed by atoms with van der Waals surface area (Å²) in [6.45, 7) is 1.67. The highest BCUT2D eigenvalue weighted by Gasteiger charge is 2.40. The Morgan fingerprint density at radius 2 is 1.75 bits per heavy atom. The van der Waals surface area contributed by atoms with Crippen LogP contribution in [0.4, 0.5) is 0 Å². The molecule has 0 bridgehead atoms. The number of hydrogen-bond donors (Lipinski definition) is 1. The molecule has 8 heteroatoms. The van der Waals surface area contributed by atoms with Gasteiger partial charge in [0.05, 0.1) is 27.4 Å². The molecular formula is C16H20N2O5S. The number of rotatable bonds is 5. The number of ether oxygens (including phenoxy) is 3. The van der Waals surface area contributed by atoms with Gasteiger partial charge in [-0.2, -0.15) is 0 Å². The summed E-state index contributed by atoms with van der Waals surface area (Å²) in [6.07, 6.45) is 0. The van der Waals surface area contributed by atoms with E-state index >= 15 is 0 Å². The lowest BCUT2D eigenvalue weighted by Crippen LogP contribution is -2.44. The highest BCUT2D eigenvalue weighted by atomic mass is 32.1. The average Bonchev–Trinajstić information content (AvgIpc) is 2.55. The molecule has 1 N–H and O–H groups in total. The summed E-state index contributed by atoms with van der Waals surface area (Å²) in [5, 5.41) is 10.00. The van der Waals surface area contributed by atoms with Crippen molar-refractivity contribution in [3.8, 4) is 17.2 Å². The van der Waals surface area contributed by atoms with E-state index in [-0.39, 0.29) is 0 Å². The van der Waals surface area contributed by atoms with Gasteiger partial charge in [0.1, 0.15) is 5.92 Å². The predicted molar refractivity (Wildman–Crippen MR) is 93.4 cm³/mol. The molecule has 1 aromatic carbocycles. The molecule has 0 aromatic heterocycles. The van der Waals surface area contributed by atoms with E-state index in [1.165, 1.54) is 21.3 Å². The van der Waals surface area contributed by atoms with E-state index in [1.807, 2.05) is 0 Å². The van der Waals surface area contributed by atoms with E-state index < -0.39 is 17.9 Å². The van der Waals surface area contributed by atoms with Crippen LogP contribution in [0.15, 0.2) is 17.1 Å². The number of hydrogen-bond acceptors (Lipinski definition) is 5. The molecule has 2 rings (SSSR count). The van der Waals surface area contributed by atoms with Crippen molar-refractivity contribution in [2.24, 2.45) is 10.9 Å². The van der Waals surface area contributed by atoms with Crippen LogP contribution in [0.1, 0.15) is 18.5 Å². The van der Waals surface area contributed by atoms with Crippen molar-refractivity contribution in [1.29, 1.82) is 0 Å². The third-order valence-corrected chi connectivity index (χ3v) is 4.43. The van der Waals surface area contributed by atoms with E-state index in [1.54, 1.807) is 31.0 Å². The minimum atomic E-state index is -0.968. The van der Waals surface area contributed by atoms with Gasteiger partial charge in [0.2, 0.25) is 5.75 Å². The molecule has 1 aliphatic heterocycles. The van der Waals surface area contributed by atoms with E-state index in [0.29, 0.717) is 33.6 Å². The number of aliphatic imine (C=N–C) groups is 1. The molecule has 7 nitrogen and oxygen atoms in total.